The zero-order chi connectivity index (χ0) is 15.2. The Kier molecular flexibility index (Phi) is 5.31. The maximum Gasteiger partial charge on any atom is 0.226 e. The second-order valence-electron chi connectivity index (χ2n) is 5.54. The van der Waals surface area contributed by atoms with Crippen LogP contribution in [0.3, 0.4) is 0 Å². The van der Waals surface area contributed by atoms with Crippen molar-refractivity contribution >= 4 is 17.5 Å². The van der Waals surface area contributed by atoms with Gasteiger partial charge in [0, 0.05) is 39.2 Å². The Bertz CT molecular complexity index is 490. The fraction of sp³-hybridized carbons (Fsp3) is 0.562. The predicted octanol–water partition coefficient (Wildman–Crippen LogP) is 2.08. The quantitative estimate of drug-likeness (QED) is 0.853. The van der Waals surface area contributed by atoms with E-state index in [0.717, 1.165) is 31.6 Å². The highest BCUT2D eigenvalue weighted by Gasteiger charge is 2.25. The van der Waals surface area contributed by atoms with E-state index in [1.807, 2.05) is 24.0 Å². The lowest BCUT2D eigenvalue weighted by Gasteiger charge is -2.35. The topological polar surface area (TPSA) is 53.5 Å². The number of likely N-dealkylation sites (tertiary alicyclic amines) is 1. The van der Waals surface area contributed by atoms with E-state index >= 15 is 0 Å². The molecular formula is C16H23N3O2. The summed E-state index contributed by atoms with van der Waals surface area (Å²) < 4.78 is 0. The van der Waals surface area contributed by atoms with Gasteiger partial charge < -0.3 is 9.80 Å². The Balaban J connectivity index is 2.08. The van der Waals surface area contributed by atoms with Crippen LogP contribution in [0.5, 0.6) is 0 Å². The van der Waals surface area contributed by atoms with Crippen molar-refractivity contribution in [3.63, 3.8) is 0 Å². The van der Waals surface area contributed by atoms with Gasteiger partial charge in [-0.1, -0.05) is 6.92 Å². The van der Waals surface area contributed by atoms with E-state index in [1.54, 1.807) is 24.2 Å². The highest BCUT2D eigenvalue weighted by Crippen LogP contribution is 2.21. The summed E-state index contributed by atoms with van der Waals surface area (Å²) in [5.41, 5.74) is 0.837. The molecule has 2 amide bonds. The lowest BCUT2D eigenvalue weighted by atomic mass is 9.97. The van der Waals surface area contributed by atoms with Gasteiger partial charge in [-0.25, -0.2) is 0 Å². The van der Waals surface area contributed by atoms with Crippen LogP contribution in [-0.2, 0) is 9.59 Å². The Morgan fingerprint density at radius 1 is 1.48 bits per heavy atom. The van der Waals surface area contributed by atoms with E-state index < -0.39 is 0 Å². The van der Waals surface area contributed by atoms with Gasteiger partial charge >= 0.3 is 0 Å². The average molecular weight is 289 g/mol. The van der Waals surface area contributed by atoms with Crippen LogP contribution in [0.15, 0.2) is 24.5 Å². The first-order valence-corrected chi connectivity index (χ1v) is 7.57. The molecule has 0 radical (unpaired) electrons. The zero-order valence-corrected chi connectivity index (χ0v) is 12.8. The summed E-state index contributed by atoms with van der Waals surface area (Å²) >= 11 is 0. The van der Waals surface area contributed by atoms with E-state index in [-0.39, 0.29) is 11.8 Å². The highest BCUT2D eigenvalue weighted by molar-refractivity contribution is 5.92. The van der Waals surface area contributed by atoms with E-state index in [9.17, 15) is 9.59 Å². The van der Waals surface area contributed by atoms with Crippen LogP contribution < -0.4 is 4.90 Å². The summed E-state index contributed by atoms with van der Waals surface area (Å²) in [6, 6.07) is 3.75. The van der Waals surface area contributed by atoms with Gasteiger partial charge in [-0.05, 0) is 30.9 Å². The Hall–Kier alpha value is -1.91. The molecule has 1 aliphatic heterocycles. The average Bonchev–Trinajstić information content (AvgIpc) is 2.53. The molecule has 0 N–H and O–H groups in total. The van der Waals surface area contributed by atoms with Crippen molar-refractivity contribution in [1.82, 2.24) is 9.88 Å². The second kappa shape index (κ2) is 7.20. The summed E-state index contributed by atoms with van der Waals surface area (Å²) in [4.78, 5) is 31.5. The fourth-order valence-corrected chi connectivity index (χ4v) is 2.81. The summed E-state index contributed by atoms with van der Waals surface area (Å²) in [6.45, 7) is 5.71. The number of aromatic nitrogens is 1. The van der Waals surface area contributed by atoms with Crippen LogP contribution in [0.25, 0.3) is 0 Å². The highest BCUT2D eigenvalue weighted by atomic mass is 16.2. The Morgan fingerprint density at radius 2 is 2.29 bits per heavy atom. The molecule has 0 aromatic carbocycles. The summed E-state index contributed by atoms with van der Waals surface area (Å²) in [5.74, 6) is 0.552. The molecule has 5 nitrogen and oxygen atoms in total. The molecule has 1 unspecified atom stereocenters. The van der Waals surface area contributed by atoms with Crippen molar-refractivity contribution < 1.29 is 9.59 Å². The molecule has 0 spiro atoms. The number of piperidine rings is 1. The number of pyridine rings is 1. The van der Waals surface area contributed by atoms with Crippen LogP contribution in [0.1, 0.15) is 33.1 Å². The van der Waals surface area contributed by atoms with Crippen molar-refractivity contribution in [2.24, 2.45) is 5.92 Å². The fourth-order valence-electron chi connectivity index (χ4n) is 2.81. The van der Waals surface area contributed by atoms with Gasteiger partial charge in [-0.3, -0.25) is 14.6 Å². The molecule has 1 fully saturated rings. The number of carbonyl (C=O) groups excluding carboxylic acids is 2. The largest absolute Gasteiger partial charge is 0.343 e. The molecule has 0 saturated carbocycles. The second-order valence-corrected chi connectivity index (χ2v) is 5.54. The summed E-state index contributed by atoms with van der Waals surface area (Å²) in [6.07, 6.45) is 5.95. The molecule has 1 atom stereocenters. The monoisotopic (exact) mass is 289 g/mol. The minimum Gasteiger partial charge on any atom is -0.343 e. The molecule has 2 heterocycles. The Labute approximate surface area is 126 Å². The number of hydrogen-bond acceptors (Lipinski definition) is 3. The molecule has 5 heteroatoms. The number of hydrogen-bond donors (Lipinski definition) is 0. The molecule has 1 aliphatic rings. The first-order valence-electron chi connectivity index (χ1n) is 7.57. The number of anilines is 1. The SMILES string of the molecule is CCC(=O)N(CC1CCCN(C(C)=O)C1)c1cccnc1. The maximum atomic E-state index is 12.2. The van der Waals surface area contributed by atoms with Crippen molar-refractivity contribution in [1.29, 1.82) is 0 Å². The third-order valence-electron chi connectivity index (χ3n) is 3.97. The maximum absolute atomic E-state index is 12.2. The molecule has 21 heavy (non-hydrogen) atoms. The van der Waals surface area contributed by atoms with Crippen LogP contribution in [0.2, 0.25) is 0 Å². The van der Waals surface area contributed by atoms with Crippen molar-refractivity contribution in [2.45, 2.75) is 33.1 Å². The molecular weight excluding hydrogens is 266 g/mol. The summed E-state index contributed by atoms with van der Waals surface area (Å²) in [7, 11) is 0. The standard InChI is InChI=1S/C16H23N3O2/c1-3-16(21)19(15-7-4-8-17-10-15)12-14-6-5-9-18(11-14)13(2)20/h4,7-8,10,14H,3,5-6,9,11-12H2,1-2H3. The predicted molar refractivity (Wildman–Crippen MR) is 81.9 cm³/mol. The molecule has 2 rings (SSSR count). The van der Waals surface area contributed by atoms with E-state index in [2.05, 4.69) is 4.98 Å². The first-order chi connectivity index (χ1) is 10.1. The number of rotatable bonds is 4. The molecule has 1 saturated heterocycles. The van der Waals surface area contributed by atoms with Gasteiger partial charge in [-0.2, -0.15) is 0 Å². The molecule has 1 aromatic heterocycles. The first kappa shape index (κ1) is 15.5. The zero-order valence-electron chi connectivity index (χ0n) is 12.8. The van der Waals surface area contributed by atoms with Crippen molar-refractivity contribution in [3.8, 4) is 0 Å². The van der Waals surface area contributed by atoms with E-state index in [4.69, 9.17) is 0 Å². The van der Waals surface area contributed by atoms with E-state index in [1.165, 1.54) is 0 Å². The minimum absolute atomic E-state index is 0.1000. The van der Waals surface area contributed by atoms with Gasteiger partial charge in [0.2, 0.25) is 11.8 Å². The van der Waals surface area contributed by atoms with Gasteiger partial charge in [0.25, 0.3) is 0 Å². The number of amides is 2. The van der Waals surface area contributed by atoms with Gasteiger partial charge in [0.1, 0.15) is 0 Å². The van der Waals surface area contributed by atoms with Gasteiger partial charge in [-0.15, -0.1) is 0 Å². The van der Waals surface area contributed by atoms with Crippen molar-refractivity contribution in [3.05, 3.63) is 24.5 Å². The van der Waals surface area contributed by atoms with E-state index in [0.29, 0.717) is 18.9 Å². The molecule has 0 bridgehead atoms. The molecule has 1 aromatic rings. The normalized spacial score (nSPS) is 18.4. The lowest BCUT2D eigenvalue weighted by Crippen LogP contribution is -2.44. The van der Waals surface area contributed by atoms with Gasteiger partial charge in [0.15, 0.2) is 0 Å². The summed E-state index contributed by atoms with van der Waals surface area (Å²) in [5, 5.41) is 0. The van der Waals surface area contributed by atoms with Gasteiger partial charge in [0.05, 0.1) is 11.9 Å². The van der Waals surface area contributed by atoms with Crippen molar-refractivity contribution in [2.75, 3.05) is 24.5 Å². The third kappa shape index (κ3) is 4.03. The number of nitrogens with zero attached hydrogens (tertiary/aromatic N) is 3. The third-order valence-corrected chi connectivity index (χ3v) is 3.97. The Morgan fingerprint density at radius 3 is 2.90 bits per heavy atom. The van der Waals surface area contributed by atoms with Crippen LogP contribution >= 0.6 is 0 Å². The molecule has 114 valence electrons. The van der Waals surface area contributed by atoms with Crippen LogP contribution in [0.4, 0.5) is 5.69 Å². The molecule has 0 aliphatic carbocycles. The van der Waals surface area contributed by atoms with Crippen LogP contribution in [0, 0.1) is 5.92 Å². The minimum atomic E-state index is 0.1000. The lowest BCUT2D eigenvalue weighted by molar-refractivity contribution is -0.130. The smallest absolute Gasteiger partial charge is 0.226 e. The number of carbonyl (C=O) groups is 2. The van der Waals surface area contributed by atoms with Crippen LogP contribution in [-0.4, -0.2) is 41.3 Å².